The molecule has 124 valence electrons. The van der Waals surface area contributed by atoms with Gasteiger partial charge in [-0.05, 0) is 61.7 Å². The summed E-state index contributed by atoms with van der Waals surface area (Å²) in [5.74, 6) is 0.854. The minimum absolute atomic E-state index is 0.213. The van der Waals surface area contributed by atoms with Gasteiger partial charge in [0.05, 0.1) is 0 Å². The van der Waals surface area contributed by atoms with Crippen LogP contribution in [0.15, 0.2) is 0 Å². The Bertz CT molecular complexity index is 342. The second kappa shape index (κ2) is 6.20. The molecule has 0 radical (unpaired) electrons. The Kier molecular flexibility index (Phi) is 5.10. The molecule has 21 heavy (non-hydrogen) atoms. The fourth-order valence-corrected chi connectivity index (χ4v) is 4.67. The fraction of sp³-hybridized carbons (Fsp3) is 1.00. The molecule has 2 heteroatoms. The maximum atomic E-state index is 6.25. The monoisotopic (exact) mass is 294 g/mol. The van der Waals surface area contributed by atoms with E-state index in [1.54, 1.807) is 0 Å². The van der Waals surface area contributed by atoms with Crippen LogP contribution in [0, 0.1) is 16.7 Å². The number of hydrogen-bond acceptors (Lipinski definition) is 2. The zero-order valence-corrected chi connectivity index (χ0v) is 15.1. The van der Waals surface area contributed by atoms with Crippen LogP contribution in [0.2, 0.25) is 0 Å². The van der Waals surface area contributed by atoms with Gasteiger partial charge in [0.1, 0.15) is 0 Å². The third-order valence-electron chi connectivity index (χ3n) is 6.27. The van der Waals surface area contributed by atoms with Crippen molar-refractivity contribution in [1.82, 2.24) is 5.32 Å². The highest BCUT2D eigenvalue weighted by Crippen LogP contribution is 2.42. The third-order valence-corrected chi connectivity index (χ3v) is 6.27. The quantitative estimate of drug-likeness (QED) is 0.753. The molecule has 2 nitrogen and oxygen atoms in total. The predicted molar refractivity (Wildman–Crippen MR) is 92.4 cm³/mol. The van der Waals surface area contributed by atoms with Crippen molar-refractivity contribution in [2.75, 3.05) is 6.54 Å². The van der Waals surface area contributed by atoms with Crippen LogP contribution in [-0.2, 0) is 0 Å². The van der Waals surface area contributed by atoms with E-state index in [4.69, 9.17) is 5.73 Å². The van der Waals surface area contributed by atoms with E-state index in [2.05, 4.69) is 39.9 Å². The first kappa shape index (κ1) is 17.3. The van der Waals surface area contributed by atoms with Gasteiger partial charge >= 0.3 is 0 Å². The summed E-state index contributed by atoms with van der Waals surface area (Å²) in [4.78, 5) is 0. The summed E-state index contributed by atoms with van der Waals surface area (Å²) in [6, 6.07) is 0.690. The predicted octanol–water partition coefficient (Wildman–Crippen LogP) is 4.48. The van der Waals surface area contributed by atoms with Gasteiger partial charge in [0.15, 0.2) is 0 Å². The molecule has 0 aliphatic heterocycles. The zero-order valence-electron chi connectivity index (χ0n) is 15.1. The smallest absolute Gasteiger partial charge is 0.0306 e. The van der Waals surface area contributed by atoms with Crippen LogP contribution in [0.4, 0.5) is 0 Å². The summed E-state index contributed by atoms with van der Waals surface area (Å²) in [5, 5.41) is 4.02. The molecule has 0 aromatic rings. The summed E-state index contributed by atoms with van der Waals surface area (Å²) in [6.45, 7) is 12.8. The second-order valence-electron chi connectivity index (χ2n) is 9.73. The van der Waals surface area contributed by atoms with Crippen LogP contribution in [-0.4, -0.2) is 18.1 Å². The molecule has 3 N–H and O–H groups in total. The Labute approximate surface area is 132 Å². The van der Waals surface area contributed by atoms with Gasteiger partial charge < -0.3 is 11.1 Å². The Hall–Kier alpha value is -0.0800. The van der Waals surface area contributed by atoms with Crippen molar-refractivity contribution in [2.45, 2.75) is 97.6 Å². The summed E-state index contributed by atoms with van der Waals surface area (Å²) >= 11 is 0. The van der Waals surface area contributed by atoms with Gasteiger partial charge in [0, 0.05) is 18.1 Å². The topological polar surface area (TPSA) is 38.0 Å². The van der Waals surface area contributed by atoms with Gasteiger partial charge in [0.2, 0.25) is 0 Å². The van der Waals surface area contributed by atoms with E-state index in [-0.39, 0.29) is 5.54 Å². The first-order chi connectivity index (χ1) is 9.66. The van der Waals surface area contributed by atoms with Crippen molar-refractivity contribution >= 4 is 0 Å². The molecule has 0 aromatic carbocycles. The van der Waals surface area contributed by atoms with E-state index in [0.29, 0.717) is 16.9 Å². The Morgan fingerprint density at radius 2 is 1.76 bits per heavy atom. The molecule has 0 bridgehead atoms. The molecular formula is C19H38N2. The fourth-order valence-electron chi connectivity index (χ4n) is 4.67. The van der Waals surface area contributed by atoms with E-state index in [1.807, 2.05) is 0 Å². The van der Waals surface area contributed by atoms with Gasteiger partial charge in [-0.3, -0.25) is 0 Å². The number of rotatable bonds is 3. The third kappa shape index (κ3) is 4.45. The van der Waals surface area contributed by atoms with Crippen LogP contribution in [0.1, 0.15) is 86.0 Å². The maximum absolute atomic E-state index is 6.25. The number of hydrogen-bond donors (Lipinski definition) is 2. The van der Waals surface area contributed by atoms with Crippen LogP contribution in [0.25, 0.3) is 0 Å². The molecule has 3 atom stereocenters. The van der Waals surface area contributed by atoms with Gasteiger partial charge in [-0.15, -0.1) is 0 Å². The molecule has 2 saturated carbocycles. The Morgan fingerprint density at radius 3 is 2.29 bits per heavy atom. The van der Waals surface area contributed by atoms with Crippen molar-refractivity contribution < 1.29 is 0 Å². The Morgan fingerprint density at radius 1 is 1.05 bits per heavy atom. The minimum Gasteiger partial charge on any atom is -0.329 e. The summed E-state index contributed by atoms with van der Waals surface area (Å²) in [6.07, 6.45) is 10.6. The van der Waals surface area contributed by atoms with Gasteiger partial charge in [-0.1, -0.05) is 41.0 Å². The normalized spacial score (nSPS) is 37.4. The lowest BCUT2D eigenvalue weighted by molar-refractivity contribution is 0.201. The molecule has 0 spiro atoms. The SMILES string of the molecule is CC1(C)CCC(NC2(CN)CCCC(C(C)(C)C)CC2)C1. The second-order valence-corrected chi connectivity index (χ2v) is 9.73. The summed E-state index contributed by atoms with van der Waals surface area (Å²) in [5.41, 5.74) is 7.42. The first-order valence-electron chi connectivity index (χ1n) is 9.14. The molecule has 3 unspecified atom stereocenters. The first-order valence-corrected chi connectivity index (χ1v) is 9.14. The van der Waals surface area contributed by atoms with E-state index in [0.717, 1.165) is 12.5 Å². The van der Waals surface area contributed by atoms with E-state index < -0.39 is 0 Å². The molecule has 0 aromatic heterocycles. The summed E-state index contributed by atoms with van der Waals surface area (Å²) in [7, 11) is 0. The van der Waals surface area contributed by atoms with Crippen molar-refractivity contribution in [3.8, 4) is 0 Å². The van der Waals surface area contributed by atoms with Gasteiger partial charge in [-0.25, -0.2) is 0 Å². The molecule has 2 fully saturated rings. The molecule has 0 amide bonds. The molecule has 2 rings (SSSR count). The van der Waals surface area contributed by atoms with Crippen molar-refractivity contribution in [3.05, 3.63) is 0 Å². The molecule has 2 aliphatic carbocycles. The van der Waals surface area contributed by atoms with Crippen LogP contribution < -0.4 is 11.1 Å². The molecular weight excluding hydrogens is 256 g/mol. The average molecular weight is 295 g/mol. The maximum Gasteiger partial charge on any atom is 0.0306 e. The average Bonchev–Trinajstić information content (AvgIpc) is 2.60. The molecule has 0 heterocycles. The van der Waals surface area contributed by atoms with E-state index in [1.165, 1.54) is 51.4 Å². The highest BCUT2D eigenvalue weighted by atomic mass is 15.0. The lowest BCUT2D eigenvalue weighted by Gasteiger charge is -2.37. The van der Waals surface area contributed by atoms with Crippen molar-refractivity contribution in [2.24, 2.45) is 22.5 Å². The Balaban J connectivity index is 1.98. The van der Waals surface area contributed by atoms with Crippen LogP contribution in [0.5, 0.6) is 0 Å². The highest BCUT2D eigenvalue weighted by molar-refractivity contribution is 4.98. The van der Waals surface area contributed by atoms with Crippen LogP contribution in [0.3, 0.4) is 0 Å². The highest BCUT2D eigenvalue weighted by Gasteiger charge is 2.39. The molecule has 2 aliphatic rings. The van der Waals surface area contributed by atoms with Gasteiger partial charge in [-0.2, -0.15) is 0 Å². The minimum atomic E-state index is 0.213. The number of nitrogens with two attached hydrogens (primary N) is 1. The largest absolute Gasteiger partial charge is 0.329 e. The van der Waals surface area contributed by atoms with Crippen molar-refractivity contribution in [1.29, 1.82) is 0 Å². The molecule has 0 saturated heterocycles. The lowest BCUT2D eigenvalue weighted by atomic mass is 9.76. The number of nitrogens with one attached hydrogen (secondary N) is 1. The van der Waals surface area contributed by atoms with Crippen LogP contribution >= 0.6 is 0 Å². The summed E-state index contributed by atoms with van der Waals surface area (Å²) < 4.78 is 0. The lowest BCUT2D eigenvalue weighted by Crippen LogP contribution is -2.54. The van der Waals surface area contributed by atoms with Gasteiger partial charge in [0.25, 0.3) is 0 Å². The van der Waals surface area contributed by atoms with E-state index in [9.17, 15) is 0 Å². The standard InChI is InChI=1S/C19H38N2/c1-17(2,3)15-7-6-10-19(14-20,12-8-15)21-16-9-11-18(4,5)13-16/h15-16,21H,6-14,20H2,1-5H3. The zero-order chi connectivity index (χ0) is 15.7. The van der Waals surface area contributed by atoms with E-state index >= 15 is 0 Å². The van der Waals surface area contributed by atoms with Crippen molar-refractivity contribution in [3.63, 3.8) is 0 Å².